The summed E-state index contributed by atoms with van der Waals surface area (Å²) in [6.45, 7) is 1.42. The van der Waals surface area contributed by atoms with Gasteiger partial charge in [-0.3, -0.25) is 9.59 Å². The highest BCUT2D eigenvalue weighted by Crippen LogP contribution is 2.18. The van der Waals surface area contributed by atoms with Crippen molar-refractivity contribution in [3.63, 3.8) is 0 Å². The van der Waals surface area contributed by atoms with E-state index in [2.05, 4.69) is 5.32 Å². The molecule has 1 atom stereocenters. The van der Waals surface area contributed by atoms with E-state index < -0.39 is 28.0 Å². The first-order chi connectivity index (χ1) is 13.1. The SMILES string of the molecule is C[C@H](OC(=O)Cc1ccc(O)cc1)C(=O)Nc1cccc(S(=O)(=O)N(C)C)c1. The largest absolute Gasteiger partial charge is 0.508 e. The van der Waals surface area contributed by atoms with Gasteiger partial charge in [0, 0.05) is 19.8 Å². The third-order valence-electron chi connectivity index (χ3n) is 3.84. The Morgan fingerprint density at radius 3 is 2.39 bits per heavy atom. The number of benzene rings is 2. The van der Waals surface area contributed by atoms with E-state index in [0.29, 0.717) is 5.56 Å². The van der Waals surface area contributed by atoms with Crippen LogP contribution in [0.1, 0.15) is 12.5 Å². The standard InChI is InChI=1S/C19H22N2O6S/c1-13(27-18(23)11-14-7-9-16(22)10-8-14)19(24)20-15-5-4-6-17(12-15)28(25,26)21(2)3/h4-10,12-13,22H,11H2,1-3H3,(H,20,24)/t13-/m0/s1. The van der Waals surface area contributed by atoms with Gasteiger partial charge in [-0.25, -0.2) is 12.7 Å². The minimum atomic E-state index is -3.63. The van der Waals surface area contributed by atoms with Crippen LogP contribution < -0.4 is 5.32 Å². The van der Waals surface area contributed by atoms with Crippen molar-refractivity contribution in [2.45, 2.75) is 24.3 Å². The number of carbonyl (C=O) groups is 2. The normalized spacial score (nSPS) is 12.4. The van der Waals surface area contributed by atoms with Crippen molar-refractivity contribution in [2.24, 2.45) is 0 Å². The summed E-state index contributed by atoms with van der Waals surface area (Å²) >= 11 is 0. The summed E-state index contributed by atoms with van der Waals surface area (Å²) in [5.74, 6) is -1.10. The maximum absolute atomic E-state index is 12.3. The molecule has 1 amide bonds. The summed E-state index contributed by atoms with van der Waals surface area (Å²) in [5.41, 5.74) is 0.909. The van der Waals surface area contributed by atoms with E-state index in [4.69, 9.17) is 4.74 Å². The lowest BCUT2D eigenvalue weighted by Gasteiger charge is -2.15. The van der Waals surface area contributed by atoms with Gasteiger partial charge in [-0.05, 0) is 42.8 Å². The van der Waals surface area contributed by atoms with E-state index in [0.717, 1.165) is 4.31 Å². The molecule has 2 rings (SSSR count). The molecule has 0 saturated heterocycles. The predicted octanol–water partition coefficient (Wildman–Crippen LogP) is 1.76. The first kappa shape index (κ1) is 21.4. The van der Waals surface area contributed by atoms with E-state index in [9.17, 15) is 23.1 Å². The molecule has 0 bridgehead atoms. The average Bonchev–Trinajstić information content (AvgIpc) is 2.63. The summed E-state index contributed by atoms with van der Waals surface area (Å²) in [4.78, 5) is 24.3. The monoisotopic (exact) mass is 406 g/mol. The van der Waals surface area contributed by atoms with E-state index in [1.807, 2.05) is 0 Å². The van der Waals surface area contributed by atoms with E-state index in [-0.39, 0.29) is 22.8 Å². The van der Waals surface area contributed by atoms with Crippen LogP contribution in [0.4, 0.5) is 5.69 Å². The van der Waals surface area contributed by atoms with Gasteiger partial charge in [-0.2, -0.15) is 0 Å². The van der Waals surface area contributed by atoms with Crippen molar-refractivity contribution in [1.82, 2.24) is 4.31 Å². The van der Waals surface area contributed by atoms with E-state index >= 15 is 0 Å². The molecule has 150 valence electrons. The zero-order valence-electron chi connectivity index (χ0n) is 15.7. The van der Waals surface area contributed by atoms with Gasteiger partial charge in [0.25, 0.3) is 5.91 Å². The number of anilines is 1. The lowest BCUT2D eigenvalue weighted by Crippen LogP contribution is -2.30. The summed E-state index contributed by atoms with van der Waals surface area (Å²) in [5, 5.41) is 11.8. The highest BCUT2D eigenvalue weighted by atomic mass is 32.2. The molecule has 0 saturated carbocycles. The number of phenols is 1. The van der Waals surface area contributed by atoms with Crippen LogP contribution in [0.2, 0.25) is 0 Å². The Bertz CT molecular complexity index is 955. The van der Waals surface area contributed by atoms with Crippen LogP contribution >= 0.6 is 0 Å². The molecule has 2 N–H and O–H groups in total. The molecule has 2 aromatic carbocycles. The summed E-state index contributed by atoms with van der Waals surface area (Å²) in [7, 11) is -0.807. The number of sulfonamides is 1. The van der Waals surface area contributed by atoms with Gasteiger partial charge in [0.15, 0.2) is 6.10 Å². The number of esters is 1. The Labute approximate surface area is 163 Å². The second-order valence-corrected chi connectivity index (χ2v) is 8.43. The molecule has 0 radical (unpaired) electrons. The fraction of sp³-hybridized carbons (Fsp3) is 0.263. The lowest BCUT2D eigenvalue weighted by atomic mass is 10.1. The number of phenolic OH excluding ortho intramolecular Hbond substituents is 1. The molecule has 0 spiro atoms. The molecular weight excluding hydrogens is 384 g/mol. The van der Waals surface area contributed by atoms with Crippen LogP contribution in [0.3, 0.4) is 0 Å². The Balaban J connectivity index is 1.98. The number of rotatable bonds is 7. The number of aromatic hydroxyl groups is 1. The number of ether oxygens (including phenoxy) is 1. The molecule has 0 heterocycles. The number of nitrogens with one attached hydrogen (secondary N) is 1. The van der Waals surface area contributed by atoms with Crippen LogP contribution in [0.25, 0.3) is 0 Å². The van der Waals surface area contributed by atoms with Crippen LogP contribution in [-0.4, -0.2) is 49.9 Å². The fourth-order valence-corrected chi connectivity index (χ4v) is 3.21. The van der Waals surface area contributed by atoms with E-state index in [1.165, 1.54) is 57.4 Å². The van der Waals surface area contributed by atoms with Crippen LogP contribution in [-0.2, 0) is 30.8 Å². The van der Waals surface area contributed by atoms with Crippen molar-refractivity contribution >= 4 is 27.6 Å². The van der Waals surface area contributed by atoms with Gasteiger partial charge >= 0.3 is 5.97 Å². The minimum Gasteiger partial charge on any atom is -0.508 e. The number of carbonyl (C=O) groups excluding carboxylic acids is 2. The Kier molecular flexibility index (Phi) is 6.76. The molecular formula is C19H22N2O6S. The minimum absolute atomic E-state index is 0.0345. The molecule has 28 heavy (non-hydrogen) atoms. The Morgan fingerprint density at radius 2 is 1.79 bits per heavy atom. The number of nitrogens with zero attached hydrogens (tertiary/aromatic N) is 1. The van der Waals surface area contributed by atoms with Crippen LogP contribution in [0.15, 0.2) is 53.4 Å². The molecule has 0 aliphatic heterocycles. The van der Waals surface area contributed by atoms with Gasteiger partial charge in [-0.1, -0.05) is 18.2 Å². The maximum Gasteiger partial charge on any atom is 0.311 e. The third kappa shape index (κ3) is 5.54. The molecule has 0 fully saturated rings. The second kappa shape index (κ2) is 8.85. The fourth-order valence-electron chi connectivity index (χ4n) is 2.26. The quantitative estimate of drug-likeness (QED) is 0.678. The van der Waals surface area contributed by atoms with Crippen molar-refractivity contribution < 1.29 is 27.9 Å². The van der Waals surface area contributed by atoms with Crippen LogP contribution in [0.5, 0.6) is 5.75 Å². The van der Waals surface area contributed by atoms with Gasteiger partial charge in [0.1, 0.15) is 5.75 Å². The number of hydrogen-bond acceptors (Lipinski definition) is 6. The summed E-state index contributed by atoms with van der Waals surface area (Å²) in [6.07, 6.45) is -1.12. The molecule has 0 unspecified atom stereocenters. The van der Waals surface area contributed by atoms with Gasteiger partial charge < -0.3 is 15.2 Å². The Hall–Kier alpha value is -2.91. The van der Waals surface area contributed by atoms with Gasteiger partial charge in [0.05, 0.1) is 11.3 Å². The Morgan fingerprint density at radius 1 is 1.14 bits per heavy atom. The molecule has 0 aliphatic rings. The van der Waals surface area contributed by atoms with Crippen molar-refractivity contribution in [2.75, 3.05) is 19.4 Å². The van der Waals surface area contributed by atoms with E-state index in [1.54, 1.807) is 12.1 Å². The molecule has 0 aliphatic carbocycles. The van der Waals surface area contributed by atoms with Crippen LogP contribution in [0, 0.1) is 0 Å². The zero-order valence-corrected chi connectivity index (χ0v) is 16.6. The number of amides is 1. The molecule has 9 heteroatoms. The topological polar surface area (TPSA) is 113 Å². The summed E-state index contributed by atoms with van der Waals surface area (Å²) < 4.78 is 30.5. The maximum atomic E-state index is 12.3. The second-order valence-electron chi connectivity index (χ2n) is 6.28. The molecule has 8 nitrogen and oxygen atoms in total. The average molecular weight is 406 g/mol. The lowest BCUT2D eigenvalue weighted by molar-refractivity contribution is -0.152. The van der Waals surface area contributed by atoms with Crippen molar-refractivity contribution in [1.29, 1.82) is 0 Å². The zero-order chi connectivity index (χ0) is 20.9. The smallest absolute Gasteiger partial charge is 0.311 e. The third-order valence-corrected chi connectivity index (χ3v) is 5.65. The van der Waals surface area contributed by atoms with Crippen molar-refractivity contribution in [3.05, 3.63) is 54.1 Å². The molecule has 2 aromatic rings. The number of hydrogen-bond donors (Lipinski definition) is 2. The molecule has 0 aromatic heterocycles. The first-order valence-electron chi connectivity index (χ1n) is 8.40. The highest BCUT2D eigenvalue weighted by Gasteiger charge is 2.20. The highest BCUT2D eigenvalue weighted by molar-refractivity contribution is 7.89. The first-order valence-corrected chi connectivity index (χ1v) is 9.84. The summed E-state index contributed by atoms with van der Waals surface area (Å²) in [6, 6.07) is 11.9. The van der Waals surface area contributed by atoms with Gasteiger partial charge in [-0.15, -0.1) is 0 Å². The van der Waals surface area contributed by atoms with Gasteiger partial charge in [0.2, 0.25) is 10.0 Å². The predicted molar refractivity (Wildman–Crippen MR) is 103 cm³/mol. The van der Waals surface area contributed by atoms with Crippen molar-refractivity contribution in [3.8, 4) is 5.75 Å².